The predicted octanol–water partition coefficient (Wildman–Crippen LogP) is 1.96. The standard InChI is InChI=1S/C16H18N2O5S/c1-10-12(17-16(23-10)13-3-2-6-24-13)8-14(19)18-4-5-22-11(9-18)7-15(20)21/h2-3,6,11H,4-5,7-9H2,1H3,(H,20,21). The average molecular weight is 350 g/mol. The van der Waals surface area contributed by atoms with Gasteiger partial charge in [-0.05, 0) is 18.4 Å². The minimum atomic E-state index is -0.928. The summed E-state index contributed by atoms with van der Waals surface area (Å²) >= 11 is 1.53. The number of aliphatic carboxylic acids is 1. The third kappa shape index (κ3) is 3.82. The van der Waals surface area contributed by atoms with E-state index in [-0.39, 0.29) is 18.7 Å². The summed E-state index contributed by atoms with van der Waals surface area (Å²) in [6, 6.07) is 3.83. The van der Waals surface area contributed by atoms with Crippen LogP contribution in [0.2, 0.25) is 0 Å². The molecule has 0 aliphatic carbocycles. The number of carboxylic acid groups (broad SMARTS) is 1. The highest BCUT2D eigenvalue weighted by molar-refractivity contribution is 7.13. The van der Waals surface area contributed by atoms with E-state index in [4.69, 9.17) is 14.3 Å². The van der Waals surface area contributed by atoms with Gasteiger partial charge in [-0.2, -0.15) is 0 Å². The summed E-state index contributed by atoms with van der Waals surface area (Å²) in [4.78, 5) is 30.3. The van der Waals surface area contributed by atoms with Crippen LogP contribution in [0.25, 0.3) is 10.8 Å². The Kier molecular flexibility index (Phi) is 4.96. The van der Waals surface area contributed by atoms with Crippen molar-refractivity contribution in [3.8, 4) is 10.8 Å². The third-order valence-corrected chi connectivity index (χ3v) is 4.69. The number of ether oxygens (including phenoxy) is 1. The van der Waals surface area contributed by atoms with E-state index in [2.05, 4.69) is 4.98 Å². The highest BCUT2D eigenvalue weighted by atomic mass is 32.1. The summed E-state index contributed by atoms with van der Waals surface area (Å²) in [5.41, 5.74) is 0.615. The van der Waals surface area contributed by atoms with Gasteiger partial charge in [0.05, 0.1) is 36.1 Å². The number of hydrogen-bond acceptors (Lipinski definition) is 6. The minimum absolute atomic E-state index is 0.0946. The lowest BCUT2D eigenvalue weighted by atomic mass is 10.2. The molecule has 3 heterocycles. The Bertz CT molecular complexity index is 725. The number of hydrogen-bond donors (Lipinski definition) is 1. The maximum Gasteiger partial charge on any atom is 0.306 e. The minimum Gasteiger partial charge on any atom is -0.481 e. The number of aryl methyl sites for hydroxylation is 1. The summed E-state index contributed by atoms with van der Waals surface area (Å²) in [6.07, 6.45) is -0.421. The van der Waals surface area contributed by atoms with Crippen molar-refractivity contribution in [3.05, 3.63) is 29.0 Å². The molecular weight excluding hydrogens is 332 g/mol. The Morgan fingerprint density at radius 3 is 3.04 bits per heavy atom. The van der Waals surface area contributed by atoms with Crippen molar-refractivity contribution in [1.82, 2.24) is 9.88 Å². The van der Waals surface area contributed by atoms with Gasteiger partial charge in [-0.15, -0.1) is 11.3 Å². The summed E-state index contributed by atoms with van der Waals surface area (Å²) < 4.78 is 11.0. The molecule has 1 aliphatic rings. The quantitative estimate of drug-likeness (QED) is 0.886. The normalized spacial score (nSPS) is 17.9. The molecule has 3 rings (SSSR count). The van der Waals surface area contributed by atoms with Gasteiger partial charge >= 0.3 is 5.97 Å². The summed E-state index contributed by atoms with van der Waals surface area (Å²) in [5.74, 6) is 0.128. The van der Waals surface area contributed by atoms with E-state index in [1.54, 1.807) is 11.8 Å². The van der Waals surface area contributed by atoms with Crippen molar-refractivity contribution in [2.24, 2.45) is 0 Å². The molecule has 7 nitrogen and oxygen atoms in total. The van der Waals surface area contributed by atoms with Gasteiger partial charge in [-0.1, -0.05) is 6.07 Å². The van der Waals surface area contributed by atoms with Gasteiger partial charge in [0.1, 0.15) is 5.76 Å². The molecule has 2 aromatic heterocycles. The van der Waals surface area contributed by atoms with Crippen molar-refractivity contribution >= 4 is 23.2 Å². The molecule has 1 atom stereocenters. The number of amides is 1. The molecule has 2 aromatic rings. The van der Waals surface area contributed by atoms with Crippen molar-refractivity contribution < 1.29 is 23.8 Å². The van der Waals surface area contributed by atoms with Crippen molar-refractivity contribution in [3.63, 3.8) is 0 Å². The molecular formula is C16H18N2O5S. The molecule has 0 radical (unpaired) electrons. The van der Waals surface area contributed by atoms with E-state index >= 15 is 0 Å². The van der Waals surface area contributed by atoms with E-state index in [1.165, 1.54) is 11.3 Å². The second-order valence-corrected chi connectivity index (χ2v) is 6.55. The molecule has 0 bridgehead atoms. The Labute approximate surface area is 142 Å². The molecule has 1 fully saturated rings. The first kappa shape index (κ1) is 16.7. The summed E-state index contributed by atoms with van der Waals surface area (Å²) in [6.45, 7) is 2.89. The lowest BCUT2D eigenvalue weighted by Crippen LogP contribution is -2.46. The molecule has 1 saturated heterocycles. The predicted molar refractivity (Wildman–Crippen MR) is 86.8 cm³/mol. The topological polar surface area (TPSA) is 92.9 Å². The molecule has 1 aliphatic heterocycles. The Morgan fingerprint density at radius 1 is 1.50 bits per heavy atom. The largest absolute Gasteiger partial charge is 0.481 e. The van der Waals surface area contributed by atoms with Gasteiger partial charge in [-0.25, -0.2) is 4.98 Å². The number of carbonyl (C=O) groups excluding carboxylic acids is 1. The first-order chi connectivity index (χ1) is 11.5. The Morgan fingerprint density at radius 2 is 2.33 bits per heavy atom. The van der Waals surface area contributed by atoms with Gasteiger partial charge in [0, 0.05) is 13.1 Å². The maximum atomic E-state index is 12.5. The number of aromatic nitrogens is 1. The zero-order valence-electron chi connectivity index (χ0n) is 13.2. The van der Waals surface area contributed by atoms with Crippen LogP contribution in [0.15, 0.2) is 21.9 Å². The van der Waals surface area contributed by atoms with Crippen LogP contribution in [-0.2, 0) is 20.7 Å². The smallest absolute Gasteiger partial charge is 0.306 e. The van der Waals surface area contributed by atoms with Crippen molar-refractivity contribution in [2.75, 3.05) is 19.7 Å². The number of oxazole rings is 1. The van der Waals surface area contributed by atoms with E-state index < -0.39 is 12.1 Å². The van der Waals surface area contributed by atoms with E-state index in [0.29, 0.717) is 37.0 Å². The fourth-order valence-corrected chi connectivity index (χ4v) is 3.27. The summed E-state index contributed by atoms with van der Waals surface area (Å²) in [7, 11) is 0. The van der Waals surface area contributed by atoms with Gasteiger partial charge in [0.2, 0.25) is 11.8 Å². The van der Waals surface area contributed by atoms with E-state index in [1.807, 2.05) is 17.5 Å². The fourth-order valence-electron chi connectivity index (χ4n) is 2.62. The molecule has 24 heavy (non-hydrogen) atoms. The van der Waals surface area contributed by atoms with Gasteiger partial charge in [-0.3, -0.25) is 9.59 Å². The van der Waals surface area contributed by atoms with Gasteiger partial charge < -0.3 is 19.2 Å². The molecule has 1 unspecified atom stereocenters. The highest BCUT2D eigenvalue weighted by Gasteiger charge is 2.27. The molecule has 0 saturated carbocycles. The number of morpholine rings is 1. The maximum absolute atomic E-state index is 12.5. The number of carboxylic acids is 1. The van der Waals surface area contributed by atoms with Crippen LogP contribution in [-0.4, -0.2) is 52.7 Å². The molecule has 0 aromatic carbocycles. The van der Waals surface area contributed by atoms with Crippen LogP contribution in [0.5, 0.6) is 0 Å². The third-order valence-electron chi connectivity index (χ3n) is 3.84. The zero-order valence-corrected chi connectivity index (χ0v) is 14.0. The summed E-state index contributed by atoms with van der Waals surface area (Å²) in [5, 5.41) is 10.8. The average Bonchev–Trinajstić information content (AvgIpc) is 3.17. The number of rotatable bonds is 5. The Balaban J connectivity index is 1.65. The Hall–Kier alpha value is -2.19. The second-order valence-electron chi connectivity index (χ2n) is 5.61. The van der Waals surface area contributed by atoms with E-state index in [0.717, 1.165) is 4.88 Å². The molecule has 128 valence electrons. The highest BCUT2D eigenvalue weighted by Crippen LogP contribution is 2.26. The lowest BCUT2D eigenvalue weighted by molar-refractivity contribution is -0.147. The van der Waals surface area contributed by atoms with Crippen LogP contribution in [0.3, 0.4) is 0 Å². The molecule has 1 N–H and O–H groups in total. The van der Waals surface area contributed by atoms with Crippen molar-refractivity contribution in [2.45, 2.75) is 25.9 Å². The van der Waals surface area contributed by atoms with E-state index in [9.17, 15) is 9.59 Å². The zero-order chi connectivity index (χ0) is 17.1. The molecule has 1 amide bonds. The first-order valence-electron chi connectivity index (χ1n) is 7.64. The van der Waals surface area contributed by atoms with Gasteiger partial charge in [0.25, 0.3) is 0 Å². The van der Waals surface area contributed by atoms with Crippen LogP contribution in [0.1, 0.15) is 17.9 Å². The van der Waals surface area contributed by atoms with Crippen LogP contribution >= 0.6 is 11.3 Å². The monoisotopic (exact) mass is 350 g/mol. The number of carbonyl (C=O) groups is 2. The lowest BCUT2D eigenvalue weighted by Gasteiger charge is -2.32. The number of thiophene rings is 1. The number of nitrogens with zero attached hydrogens (tertiary/aromatic N) is 2. The van der Waals surface area contributed by atoms with Crippen LogP contribution in [0.4, 0.5) is 0 Å². The SMILES string of the molecule is Cc1oc(-c2cccs2)nc1CC(=O)N1CCOC(CC(=O)O)C1. The molecule has 0 spiro atoms. The van der Waals surface area contributed by atoms with Gasteiger partial charge in [0.15, 0.2) is 0 Å². The first-order valence-corrected chi connectivity index (χ1v) is 8.52. The van der Waals surface area contributed by atoms with Crippen LogP contribution < -0.4 is 0 Å². The van der Waals surface area contributed by atoms with Crippen molar-refractivity contribution in [1.29, 1.82) is 0 Å². The fraction of sp³-hybridized carbons (Fsp3) is 0.438. The molecule has 8 heteroatoms. The second kappa shape index (κ2) is 7.14. The van der Waals surface area contributed by atoms with Crippen LogP contribution in [0, 0.1) is 6.92 Å².